The lowest BCUT2D eigenvalue weighted by Gasteiger charge is -2.21. The van der Waals surface area contributed by atoms with Gasteiger partial charge < -0.3 is 11.5 Å². The maximum atomic E-state index is 9.15. The van der Waals surface area contributed by atoms with Crippen LogP contribution in [-0.2, 0) is 5.41 Å². The molecule has 0 saturated heterocycles. The number of nitrogens with zero attached hydrogens (tertiary/aromatic N) is 1. The second-order valence-electron chi connectivity index (χ2n) is 4.51. The van der Waals surface area contributed by atoms with Gasteiger partial charge in [-0.1, -0.05) is 18.2 Å². The Kier molecular flexibility index (Phi) is 3.69. The monoisotopic (exact) mass is 217 g/mol. The second-order valence-corrected chi connectivity index (χ2v) is 4.51. The van der Waals surface area contributed by atoms with Gasteiger partial charge >= 0.3 is 0 Å². The maximum Gasteiger partial charge on any atom is 0.0916 e. The van der Waals surface area contributed by atoms with Gasteiger partial charge in [-0.15, -0.1) is 0 Å². The van der Waals surface area contributed by atoms with Gasteiger partial charge in [-0.2, -0.15) is 5.26 Å². The highest BCUT2D eigenvalue weighted by molar-refractivity contribution is 5.39. The van der Waals surface area contributed by atoms with Crippen molar-refractivity contribution in [3.05, 3.63) is 34.9 Å². The molecule has 4 N–H and O–H groups in total. The number of hydrogen-bond donors (Lipinski definition) is 2. The summed E-state index contributed by atoms with van der Waals surface area (Å²) in [6.07, 6.45) is 0. The predicted molar refractivity (Wildman–Crippen MR) is 65.8 cm³/mol. The van der Waals surface area contributed by atoms with Gasteiger partial charge in [0.25, 0.3) is 0 Å². The van der Waals surface area contributed by atoms with Crippen LogP contribution in [0.15, 0.2) is 18.2 Å². The van der Waals surface area contributed by atoms with Crippen LogP contribution in [0.3, 0.4) is 0 Å². The summed E-state index contributed by atoms with van der Waals surface area (Å²) in [6, 6.07) is 8.22. The Hall–Kier alpha value is -1.37. The normalized spacial score (nSPS) is 16.2. The van der Waals surface area contributed by atoms with E-state index in [0.717, 1.165) is 16.7 Å². The highest BCUT2D eigenvalue weighted by Gasteiger charge is 2.25. The molecule has 0 saturated carbocycles. The van der Waals surface area contributed by atoms with E-state index in [4.69, 9.17) is 16.7 Å². The van der Waals surface area contributed by atoms with Crippen LogP contribution in [0.4, 0.5) is 0 Å². The van der Waals surface area contributed by atoms with Crippen molar-refractivity contribution in [1.82, 2.24) is 0 Å². The third-order valence-corrected chi connectivity index (χ3v) is 3.05. The standard InChI is InChI=1S/C13H19N3/c1-9-6-11(13(3,7-14)8-15)4-5-12(9)10(2)16/h4-6,10H,7,14,16H2,1-3H3. The van der Waals surface area contributed by atoms with Gasteiger partial charge in [0.2, 0.25) is 0 Å². The van der Waals surface area contributed by atoms with Crippen molar-refractivity contribution in [1.29, 1.82) is 5.26 Å². The van der Waals surface area contributed by atoms with Crippen LogP contribution >= 0.6 is 0 Å². The average molecular weight is 217 g/mol. The minimum absolute atomic E-state index is 0.0141. The summed E-state index contributed by atoms with van der Waals surface area (Å²) in [5.74, 6) is 0. The molecule has 0 aliphatic rings. The Balaban J connectivity index is 3.21. The molecule has 0 bridgehead atoms. The fraction of sp³-hybridized carbons (Fsp3) is 0.462. The summed E-state index contributed by atoms with van der Waals surface area (Å²) in [6.45, 7) is 6.14. The average Bonchev–Trinajstić information content (AvgIpc) is 2.27. The number of nitriles is 1. The Morgan fingerprint density at radius 2 is 2.12 bits per heavy atom. The van der Waals surface area contributed by atoms with E-state index in [9.17, 15) is 0 Å². The molecule has 1 rings (SSSR count). The van der Waals surface area contributed by atoms with Gasteiger partial charge in [-0.3, -0.25) is 0 Å². The molecule has 0 fully saturated rings. The molecule has 16 heavy (non-hydrogen) atoms. The fourth-order valence-electron chi connectivity index (χ4n) is 1.76. The molecule has 3 heteroatoms. The molecule has 0 aliphatic heterocycles. The van der Waals surface area contributed by atoms with Crippen molar-refractivity contribution >= 4 is 0 Å². The van der Waals surface area contributed by atoms with Crippen LogP contribution in [-0.4, -0.2) is 6.54 Å². The van der Waals surface area contributed by atoms with Gasteiger partial charge in [0.05, 0.1) is 11.5 Å². The first-order valence-corrected chi connectivity index (χ1v) is 5.42. The topological polar surface area (TPSA) is 75.8 Å². The van der Waals surface area contributed by atoms with Crippen molar-refractivity contribution in [3.8, 4) is 6.07 Å². The SMILES string of the molecule is Cc1cc(C(C)(C#N)CN)ccc1C(C)N. The van der Waals surface area contributed by atoms with Crippen LogP contribution < -0.4 is 11.5 Å². The fourth-order valence-corrected chi connectivity index (χ4v) is 1.76. The smallest absolute Gasteiger partial charge is 0.0916 e. The van der Waals surface area contributed by atoms with Crippen LogP contribution in [0.1, 0.15) is 36.6 Å². The summed E-state index contributed by atoms with van der Waals surface area (Å²) in [4.78, 5) is 0. The lowest BCUT2D eigenvalue weighted by molar-refractivity contribution is 0.621. The summed E-state index contributed by atoms with van der Waals surface area (Å²) in [5.41, 5.74) is 14.1. The molecule has 3 nitrogen and oxygen atoms in total. The van der Waals surface area contributed by atoms with E-state index in [1.165, 1.54) is 0 Å². The Morgan fingerprint density at radius 1 is 1.50 bits per heavy atom. The number of rotatable bonds is 3. The highest BCUT2D eigenvalue weighted by Crippen LogP contribution is 2.25. The first kappa shape index (κ1) is 12.7. The van der Waals surface area contributed by atoms with Crippen LogP contribution in [0.25, 0.3) is 0 Å². The minimum atomic E-state index is -0.610. The van der Waals surface area contributed by atoms with Crippen molar-refractivity contribution in [2.24, 2.45) is 11.5 Å². The zero-order valence-electron chi connectivity index (χ0n) is 10.1. The molecule has 2 atom stereocenters. The molecular formula is C13H19N3. The molecule has 1 aromatic carbocycles. The third kappa shape index (κ3) is 2.24. The van der Waals surface area contributed by atoms with Crippen molar-refractivity contribution in [2.45, 2.75) is 32.2 Å². The zero-order valence-corrected chi connectivity index (χ0v) is 10.1. The van der Waals surface area contributed by atoms with Crippen LogP contribution in [0, 0.1) is 18.3 Å². The number of nitrogens with two attached hydrogens (primary N) is 2. The largest absolute Gasteiger partial charge is 0.329 e. The maximum absolute atomic E-state index is 9.15. The Morgan fingerprint density at radius 3 is 2.50 bits per heavy atom. The van der Waals surface area contributed by atoms with Crippen LogP contribution in [0.2, 0.25) is 0 Å². The lowest BCUT2D eigenvalue weighted by Crippen LogP contribution is -2.30. The molecule has 2 unspecified atom stereocenters. The van der Waals surface area contributed by atoms with Gasteiger partial charge in [-0.25, -0.2) is 0 Å². The third-order valence-electron chi connectivity index (χ3n) is 3.05. The molecule has 0 aromatic heterocycles. The molecule has 0 spiro atoms. The number of aryl methyl sites for hydroxylation is 1. The van der Waals surface area contributed by atoms with Crippen LogP contribution in [0.5, 0.6) is 0 Å². The van der Waals surface area contributed by atoms with E-state index in [-0.39, 0.29) is 6.04 Å². The van der Waals surface area contributed by atoms with Gasteiger partial charge in [0.15, 0.2) is 0 Å². The van der Waals surface area contributed by atoms with E-state index in [1.54, 1.807) is 0 Å². The molecule has 0 radical (unpaired) electrons. The van der Waals surface area contributed by atoms with E-state index >= 15 is 0 Å². The van der Waals surface area contributed by atoms with E-state index in [2.05, 4.69) is 6.07 Å². The predicted octanol–water partition coefficient (Wildman–Crippen LogP) is 1.75. The quantitative estimate of drug-likeness (QED) is 0.810. The first-order chi connectivity index (χ1) is 7.44. The molecule has 0 aliphatic carbocycles. The summed E-state index contributed by atoms with van der Waals surface area (Å²) < 4.78 is 0. The van der Waals surface area contributed by atoms with E-state index < -0.39 is 5.41 Å². The van der Waals surface area contributed by atoms with Gasteiger partial charge in [0.1, 0.15) is 0 Å². The minimum Gasteiger partial charge on any atom is -0.329 e. The van der Waals surface area contributed by atoms with Crippen molar-refractivity contribution in [3.63, 3.8) is 0 Å². The lowest BCUT2D eigenvalue weighted by atomic mass is 9.82. The Bertz CT molecular complexity index is 418. The summed E-state index contributed by atoms with van der Waals surface area (Å²) >= 11 is 0. The second kappa shape index (κ2) is 4.65. The molecule has 0 heterocycles. The van der Waals surface area contributed by atoms with E-state index in [0.29, 0.717) is 6.54 Å². The number of benzene rings is 1. The highest BCUT2D eigenvalue weighted by atomic mass is 14.6. The van der Waals surface area contributed by atoms with E-state index in [1.807, 2.05) is 39.0 Å². The van der Waals surface area contributed by atoms with Gasteiger partial charge in [-0.05, 0) is 37.5 Å². The molecular weight excluding hydrogens is 198 g/mol. The molecule has 86 valence electrons. The zero-order chi connectivity index (χ0) is 12.3. The van der Waals surface area contributed by atoms with Crippen molar-refractivity contribution < 1.29 is 0 Å². The van der Waals surface area contributed by atoms with Crippen molar-refractivity contribution in [2.75, 3.05) is 6.54 Å². The molecule has 0 amide bonds. The van der Waals surface area contributed by atoms with Gasteiger partial charge in [0, 0.05) is 12.6 Å². The molecule has 1 aromatic rings. The summed E-state index contributed by atoms with van der Waals surface area (Å²) in [5, 5.41) is 9.15. The first-order valence-electron chi connectivity index (χ1n) is 5.42. The number of hydrogen-bond acceptors (Lipinski definition) is 3. The summed E-state index contributed by atoms with van der Waals surface area (Å²) in [7, 11) is 0. The Labute approximate surface area is 97.1 Å².